The van der Waals surface area contributed by atoms with E-state index in [1.807, 2.05) is 6.20 Å². The zero-order valence-electron chi connectivity index (χ0n) is 10.7. The Balaban J connectivity index is 1.79. The van der Waals surface area contributed by atoms with Gasteiger partial charge in [0.05, 0.1) is 6.67 Å². The summed E-state index contributed by atoms with van der Waals surface area (Å²) in [6.45, 7) is 5.24. The van der Waals surface area contributed by atoms with Crippen molar-refractivity contribution in [3.05, 3.63) is 41.1 Å². The van der Waals surface area contributed by atoms with Gasteiger partial charge in [-0.05, 0) is 12.1 Å². The molecule has 2 heterocycles. The summed E-state index contributed by atoms with van der Waals surface area (Å²) in [6.07, 6.45) is 3.93. The fourth-order valence-corrected chi connectivity index (χ4v) is 2.61. The second-order valence-corrected chi connectivity index (χ2v) is 5.65. The molecular weight excluding hydrogens is 304 g/mol. The van der Waals surface area contributed by atoms with Crippen molar-refractivity contribution in [3.8, 4) is 11.4 Å². The van der Waals surface area contributed by atoms with Crippen LogP contribution < -0.4 is 5.32 Å². The summed E-state index contributed by atoms with van der Waals surface area (Å²) in [5.74, 6) is 1.03. The fourth-order valence-electron chi connectivity index (χ4n) is 2.35. The van der Waals surface area contributed by atoms with E-state index in [1.165, 1.54) is 0 Å². The molecule has 0 amide bonds. The van der Waals surface area contributed by atoms with E-state index < -0.39 is 0 Å². The van der Waals surface area contributed by atoms with Gasteiger partial charge in [0.2, 0.25) is 0 Å². The summed E-state index contributed by atoms with van der Waals surface area (Å²) in [5.41, 5.74) is 1.16. The zero-order chi connectivity index (χ0) is 13.1. The molecule has 0 unspecified atom stereocenters. The van der Waals surface area contributed by atoms with Crippen LogP contribution in [0, 0.1) is 0 Å². The van der Waals surface area contributed by atoms with E-state index in [-0.39, 0.29) is 0 Å². The van der Waals surface area contributed by atoms with Crippen molar-refractivity contribution in [3.63, 3.8) is 0 Å². The van der Waals surface area contributed by atoms with Gasteiger partial charge in [-0.15, -0.1) is 0 Å². The molecular formula is C14H17BrN4. The highest BCUT2D eigenvalue weighted by molar-refractivity contribution is 9.10. The summed E-state index contributed by atoms with van der Waals surface area (Å²) in [4.78, 5) is 6.93. The first-order valence-electron chi connectivity index (χ1n) is 6.53. The molecule has 0 saturated carbocycles. The molecule has 4 nitrogen and oxygen atoms in total. The van der Waals surface area contributed by atoms with E-state index in [1.54, 1.807) is 0 Å². The third-order valence-electron chi connectivity index (χ3n) is 3.38. The van der Waals surface area contributed by atoms with Gasteiger partial charge in [0.15, 0.2) is 0 Å². The van der Waals surface area contributed by atoms with E-state index in [9.17, 15) is 0 Å². The van der Waals surface area contributed by atoms with Crippen molar-refractivity contribution in [2.24, 2.45) is 0 Å². The Morgan fingerprint density at radius 1 is 1.16 bits per heavy atom. The van der Waals surface area contributed by atoms with Crippen molar-refractivity contribution in [2.75, 3.05) is 26.2 Å². The lowest BCUT2D eigenvalue weighted by Crippen LogP contribution is -2.44. The highest BCUT2D eigenvalue weighted by Crippen LogP contribution is 2.20. The van der Waals surface area contributed by atoms with Gasteiger partial charge in [0, 0.05) is 48.6 Å². The van der Waals surface area contributed by atoms with Crippen LogP contribution in [-0.2, 0) is 6.67 Å². The molecule has 0 spiro atoms. The van der Waals surface area contributed by atoms with Gasteiger partial charge in [-0.1, -0.05) is 28.1 Å². The monoisotopic (exact) mass is 320 g/mol. The first kappa shape index (κ1) is 12.8. The Kier molecular flexibility index (Phi) is 3.96. The lowest BCUT2D eigenvalue weighted by Gasteiger charge is -2.28. The van der Waals surface area contributed by atoms with Crippen molar-refractivity contribution in [1.29, 1.82) is 0 Å². The largest absolute Gasteiger partial charge is 0.317 e. The van der Waals surface area contributed by atoms with Gasteiger partial charge < -0.3 is 9.88 Å². The number of imidazole rings is 1. The Morgan fingerprint density at radius 2 is 1.89 bits per heavy atom. The third-order valence-corrected chi connectivity index (χ3v) is 3.91. The maximum absolute atomic E-state index is 4.49. The molecule has 1 N–H and O–H groups in total. The lowest BCUT2D eigenvalue weighted by molar-refractivity contribution is 0.194. The first-order chi connectivity index (χ1) is 9.33. The summed E-state index contributed by atoms with van der Waals surface area (Å²) in [5, 5.41) is 3.38. The van der Waals surface area contributed by atoms with E-state index in [0.29, 0.717) is 0 Å². The van der Waals surface area contributed by atoms with Crippen molar-refractivity contribution < 1.29 is 0 Å². The Labute approximate surface area is 121 Å². The Bertz CT molecular complexity index is 529. The van der Waals surface area contributed by atoms with E-state index in [4.69, 9.17) is 0 Å². The predicted octanol–water partition coefficient (Wildman–Crippen LogP) is 2.18. The summed E-state index contributed by atoms with van der Waals surface area (Å²) < 4.78 is 3.31. The highest BCUT2D eigenvalue weighted by Gasteiger charge is 2.12. The number of hydrogen-bond acceptors (Lipinski definition) is 3. The number of rotatable bonds is 3. The smallest absolute Gasteiger partial charge is 0.140 e. The zero-order valence-corrected chi connectivity index (χ0v) is 12.3. The molecule has 1 saturated heterocycles. The molecule has 5 heteroatoms. The summed E-state index contributed by atoms with van der Waals surface area (Å²) in [6, 6.07) is 8.31. The van der Waals surface area contributed by atoms with Gasteiger partial charge >= 0.3 is 0 Å². The molecule has 0 aliphatic carbocycles. The van der Waals surface area contributed by atoms with Gasteiger partial charge in [0.25, 0.3) is 0 Å². The molecule has 0 bridgehead atoms. The predicted molar refractivity (Wildman–Crippen MR) is 79.8 cm³/mol. The number of piperazine rings is 1. The maximum Gasteiger partial charge on any atom is 0.140 e. The van der Waals surface area contributed by atoms with Crippen LogP contribution in [0.4, 0.5) is 0 Å². The number of benzene rings is 1. The maximum atomic E-state index is 4.49. The highest BCUT2D eigenvalue weighted by atomic mass is 79.9. The molecule has 3 rings (SSSR count). The number of hydrogen-bond donors (Lipinski definition) is 1. The average Bonchev–Trinajstić information content (AvgIpc) is 2.89. The first-order valence-corrected chi connectivity index (χ1v) is 7.32. The van der Waals surface area contributed by atoms with Crippen LogP contribution in [0.3, 0.4) is 0 Å². The minimum atomic E-state index is 0.910. The molecule has 1 aromatic carbocycles. The van der Waals surface area contributed by atoms with Crippen molar-refractivity contribution in [2.45, 2.75) is 6.67 Å². The van der Waals surface area contributed by atoms with Gasteiger partial charge in [-0.3, -0.25) is 4.90 Å². The van der Waals surface area contributed by atoms with Gasteiger partial charge in [-0.2, -0.15) is 0 Å². The summed E-state index contributed by atoms with van der Waals surface area (Å²) in [7, 11) is 0. The van der Waals surface area contributed by atoms with Crippen LogP contribution in [0.25, 0.3) is 11.4 Å². The topological polar surface area (TPSA) is 33.1 Å². The van der Waals surface area contributed by atoms with Crippen LogP contribution in [-0.4, -0.2) is 40.6 Å². The molecule has 100 valence electrons. The number of aromatic nitrogens is 2. The van der Waals surface area contributed by atoms with Crippen molar-refractivity contribution >= 4 is 15.9 Å². The standard InChI is InChI=1S/C14H17BrN4/c15-13-3-1-12(2-4-13)14-17-7-10-19(14)11-18-8-5-16-6-9-18/h1-4,7,10,16H,5-6,8-9,11H2. The third kappa shape index (κ3) is 3.05. The molecule has 0 atom stereocenters. The minimum absolute atomic E-state index is 0.910. The van der Waals surface area contributed by atoms with E-state index in [0.717, 1.165) is 48.7 Å². The van der Waals surface area contributed by atoms with Crippen LogP contribution >= 0.6 is 15.9 Å². The fraction of sp³-hybridized carbons (Fsp3) is 0.357. The van der Waals surface area contributed by atoms with Crippen molar-refractivity contribution in [1.82, 2.24) is 19.8 Å². The second kappa shape index (κ2) is 5.86. The molecule has 1 aliphatic rings. The summed E-state index contributed by atoms with van der Waals surface area (Å²) >= 11 is 3.46. The minimum Gasteiger partial charge on any atom is -0.317 e. The molecule has 1 fully saturated rings. The van der Waals surface area contributed by atoms with Crippen LogP contribution in [0.15, 0.2) is 41.1 Å². The van der Waals surface area contributed by atoms with Gasteiger partial charge in [0.1, 0.15) is 5.82 Å². The normalized spacial score (nSPS) is 16.7. The van der Waals surface area contributed by atoms with E-state index >= 15 is 0 Å². The van der Waals surface area contributed by atoms with Crippen LogP contribution in [0.2, 0.25) is 0 Å². The molecule has 1 aromatic heterocycles. The van der Waals surface area contributed by atoms with E-state index in [2.05, 4.69) is 66.2 Å². The Morgan fingerprint density at radius 3 is 2.63 bits per heavy atom. The number of nitrogens with one attached hydrogen (secondary N) is 1. The molecule has 1 aliphatic heterocycles. The van der Waals surface area contributed by atoms with Crippen LogP contribution in [0.5, 0.6) is 0 Å². The van der Waals surface area contributed by atoms with Crippen LogP contribution in [0.1, 0.15) is 0 Å². The average molecular weight is 321 g/mol. The molecule has 0 radical (unpaired) electrons. The Hall–Kier alpha value is -1.17. The number of nitrogens with zero attached hydrogens (tertiary/aromatic N) is 3. The SMILES string of the molecule is Brc1ccc(-c2nccn2CN2CCNCC2)cc1. The second-order valence-electron chi connectivity index (χ2n) is 4.74. The molecule has 2 aromatic rings. The van der Waals surface area contributed by atoms with Gasteiger partial charge in [-0.25, -0.2) is 4.98 Å². The molecule has 19 heavy (non-hydrogen) atoms. The lowest BCUT2D eigenvalue weighted by atomic mass is 10.2. The number of halogens is 1. The quantitative estimate of drug-likeness (QED) is 0.941.